The number of benzene rings is 5. The second kappa shape index (κ2) is 19.6. The fraction of sp³-hybridized carbons (Fsp3) is 0.213. The number of nitrogens with one attached hydrogen (secondary N) is 2. The number of amides is 1. The van der Waals surface area contributed by atoms with E-state index in [1.807, 2.05) is 110 Å². The van der Waals surface area contributed by atoms with Crippen LogP contribution in [0.15, 0.2) is 156 Å². The van der Waals surface area contributed by atoms with Gasteiger partial charge in [0, 0.05) is 30.5 Å². The molecule has 6 aromatic rings. The normalized spacial score (nSPS) is 17.1. The minimum Gasteiger partial charge on any atom is -0.478 e. The van der Waals surface area contributed by atoms with Gasteiger partial charge in [0.2, 0.25) is 15.9 Å². The molecule has 308 valence electrons. The Morgan fingerprint density at radius 1 is 0.817 bits per heavy atom. The molecule has 1 amide bonds. The van der Waals surface area contributed by atoms with Gasteiger partial charge in [-0.05, 0) is 71.0 Å². The summed E-state index contributed by atoms with van der Waals surface area (Å²) in [6.45, 7) is 1.96. The van der Waals surface area contributed by atoms with E-state index in [0.717, 1.165) is 44.5 Å². The van der Waals surface area contributed by atoms with Gasteiger partial charge in [0.25, 0.3) is 0 Å². The summed E-state index contributed by atoms with van der Waals surface area (Å²) in [7, 11) is -4.00. The van der Waals surface area contributed by atoms with E-state index in [2.05, 4.69) is 15.0 Å². The first-order valence-corrected chi connectivity index (χ1v) is 21.9. The van der Waals surface area contributed by atoms with Gasteiger partial charge in [0.1, 0.15) is 11.1 Å². The van der Waals surface area contributed by atoms with Crippen molar-refractivity contribution in [1.82, 2.24) is 15.0 Å². The van der Waals surface area contributed by atoms with Gasteiger partial charge in [-0.3, -0.25) is 4.79 Å². The molecule has 7 rings (SSSR count). The molecule has 60 heavy (non-hydrogen) atoms. The summed E-state index contributed by atoms with van der Waals surface area (Å²) in [5, 5.41) is 22.7. The van der Waals surface area contributed by atoms with E-state index >= 15 is 0 Å². The number of hydrogen-bond donors (Lipinski definition) is 4. The molecule has 1 fully saturated rings. The maximum absolute atomic E-state index is 13.8. The molecule has 5 aromatic carbocycles. The lowest BCUT2D eigenvalue weighted by Gasteiger charge is -2.36. The van der Waals surface area contributed by atoms with Crippen LogP contribution in [0.25, 0.3) is 11.1 Å². The van der Waals surface area contributed by atoms with Gasteiger partial charge in [0.15, 0.2) is 6.29 Å². The van der Waals surface area contributed by atoms with Crippen molar-refractivity contribution in [3.63, 3.8) is 0 Å². The van der Waals surface area contributed by atoms with Crippen LogP contribution in [-0.2, 0) is 43.9 Å². The molecule has 11 nitrogen and oxygen atoms in total. The zero-order valence-corrected chi connectivity index (χ0v) is 34.4. The minimum atomic E-state index is -4.00. The number of aromatic carboxylic acids is 1. The molecule has 4 atom stereocenters. The number of rotatable bonds is 16. The average Bonchev–Trinajstić information content (AvgIpc) is 3.28. The van der Waals surface area contributed by atoms with Crippen molar-refractivity contribution in [2.24, 2.45) is 0 Å². The van der Waals surface area contributed by atoms with Crippen molar-refractivity contribution in [3.8, 4) is 11.1 Å². The molecule has 4 unspecified atom stereocenters. The molecule has 1 aliphatic heterocycles. The summed E-state index contributed by atoms with van der Waals surface area (Å²) in [5.41, 5.74) is 6.98. The highest BCUT2D eigenvalue weighted by molar-refractivity contribution is 7.99. The third kappa shape index (κ3) is 10.7. The Labute approximate surface area is 353 Å². The van der Waals surface area contributed by atoms with Crippen LogP contribution in [-0.4, -0.2) is 53.4 Å². The molecule has 0 bridgehead atoms. The number of carboxylic acids is 1. The molecular weight excluding hydrogens is 799 g/mol. The summed E-state index contributed by atoms with van der Waals surface area (Å²) in [4.78, 5) is 30.0. The molecule has 2 heterocycles. The number of carbonyl (C=O) groups excluding carboxylic acids is 1. The highest BCUT2D eigenvalue weighted by Gasteiger charge is 2.33. The highest BCUT2D eigenvalue weighted by Crippen LogP contribution is 2.40. The first kappa shape index (κ1) is 42.5. The molecular formula is C47H45N3O8S2. The van der Waals surface area contributed by atoms with Crippen LogP contribution in [0.1, 0.15) is 62.6 Å². The van der Waals surface area contributed by atoms with E-state index in [-0.39, 0.29) is 42.2 Å². The number of pyridine rings is 1. The van der Waals surface area contributed by atoms with Crippen LogP contribution in [0.3, 0.4) is 0 Å². The smallest absolute Gasteiger partial charge is 0.338 e. The zero-order valence-electron chi connectivity index (χ0n) is 32.8. The third-order valence-electron chi connectivity index (χ3n) is 10.2. The SMILES string of the molecule is Cc1ccc(S(=O)(=O)NC(Cc2ccccc2)C(=O)NCc2ccccc2-c2ccc(C3OC(CSc4ncccc4C(=O)O)CC(c4ccc(CO)cc4)O3)cc2)cc1. The molecule has 0 aliphatic carbocycles. The van der Waals surface area contributed by atoms with Crippen molar-refractivity contribution in [2.75, 3.05) is 5.75 Å². The molecule has 0 radical (unpaired) electrons. The highest BCUT2D eigenvalue weighted by atomic mass is 32.2. The zero-order chi connectivity index (χ0) is 42.1. The summed E-state index contributed by atoms with van der Waals surface area (Å²) in [6.07, 6.45) is 0.878. The lowest BCUT2D eigenvalue weighted by Crippen LogP contribution is -2.47. The Kier molecular flexibility index (Phi) is 13.9. The molecule has 1 aliphatic rings. The Morgan fingerprint density at radius 2 is 1.52 bits per heavy atom. The van der Waals surface area contributed by atoms with Crippen molar-refractivity contribution in [3.05, 3.63) is 185 Å². The Balaban J connectivity index is 1.07. The molecule has 13 heteroatoms. The third-order valence-corrected chi connectivity index (χ3v) is 12.8. The van der Waals surface area contributed by atoms with Crippen LogP contribution >= 0.6 is 11.8 Å². The topological polar surface area (TPSA) is 164 Å². The summed E-state index contributed by atoms with van der Waals surface area (Å²) in [6, 6.07) is 40.9. The Bertz CT molecular complexity index is 2500. The fourth-order valence-electron chi connectivity index (χ4n) is 6.96. The van der Waals surface area contributed by atoms with Crippen molar-refractivity contribution < 1.29 is 37.7 Å². The number of aromatic nitrogens is 1. The van der Waals surface area contributed by atoms with Crippen LogP contribution in [0.5, 0.6) is 0 Å². The Morgan fingerprint density at radius 3 is 2.23 bits per heavy atom. The van der Waals surface area contributed by atoms with Crippen molar-refractivity contribution in [2.45, 2.75) is 67.4 Å². The average molecular weight is 844 g/mol. The van der Waals surface area contributed by atoms with Crippen LogP contribution in [0, 0.1) is 6.92 Å². The van der Waals surface area contributed by atoms with E-state index in [1.54, 1.807) is 24.4 Å². The number of sulfonamides is 1. The van der Waals surface area contributed by atoms with E-state index in [1.165, 1.54) is 30.0 Å². The monoisotopic (exact) mass is 843 g/mol. The van der Waals surface area contributed by atoms with Gasteiger partial charge in [0.05, 0.1) is 29.3 Å². The quantitative estimate of drug-likeness (QED) is 0.0708. The fourth-order valence-corrected chi connectivity index (χ4v) is 9.16. The van der Waals surface area contributed by atoms with Gasteiger partial charge < -0.3 is 25.0 Å². The maximum atomic E-state index is 13.8. The van der Waals surface area contributed by atoms with Gasteiger partial charge in [-0.15, -0.1) is 11.8 Å². The molecule has 4 N–H and O–H groups in total. The summed E-state index contributed by atoms with van der Waals surface area (Å²) in [5.74, 6) is -1.06. The predicted octanol–water partition coefficient (Wildman–Crippen LogP) is 7.79. The number of nitrogens with zero attached hydrogens (tertiary/aromatic N) is 1. The van der Waals surface area contributed by atoms with Gasteiger partial charge in [-0.1, -0.05) is 121 Å². The maximum Gasteiger partial charge on any atom is 0.338 e. The second-order valence-corrected chi connectivity index (χ2v) is 17.2. The molecule has 0 spiro atoms. The number of thioether (sulfide) groups is 1. The first-order chi connectivity index (χ1) is 29.1. The predicted molar refractivity (Wildman–Crippen MR) is 230 cm³/mol. The number of aryl methyl sites for hydroxylation is 1. The largest absolute Gasteiger partial charge is 0.478 e. The van der Waals surface area contributed by atoms with Crippen LogP contribution < -0.4 is 10.0 Å². The number of aliphatic hydroxyl groups excluding tert-OH is 1. The van der Waals surface area contributed by atoms with Crippen LogP contribution in [0.2, 0.25) is 0 Å². The van der Waals surface area contributed by atoms with Crippen LogP contribution in [0.4, 0.5) is 0 Å². The number of carbonyl (C=O) groups is 2. The molecule has 0 saturated carbocycles. The lowest BCUT2D eigenvalue weighted by atomic mass is 9.97. The van der Waals surface area contributed by atoms with Gasteiger partial charge in [-0.2, -0.15) is 4.72 Å². The number of hydrogen-bond acceptors (Lipinski definition) is 9. The first-order valence-electron chi connectivity index (χ1n) is 19.5. The second-order valence-electron chi connectivity index (χ2n) is 14.5. The standard InChI is InChI=1S/C47H45N3O8S2/c1-31-13-23-39(24-14-31)60(55,56)50-42(26-32-8-3-2-4-9-32)44(52)49-28-37-10-5-6-11-40(37)34-19-21-36(22-20-34)47-57-38(30-59-45-41(46(53)54)12-7-25-48-45)27-43(58-47)35-17-15-33(29-51)16-18-35/h2-25,38,42-43,47,50-51H,26-30H2,1H3,(H,49,52)(H,53,54). The van der Waals surface area contributed by atoms with Crippen molar-refractivity contribution >= 4 is 33.7 Å². The number of aliphatic hydroxyl groups is 1. The van der Waals surface area contributed by atoms with E-state index < -0.39 is 34.2 Å². The van der Waals surface area contributed by atoms with Gasteiger partial charge >= 0.3 is 5.97 Å². The van der Waals surface area contributed by atoms with E-state index in [0.29, 0.717) is 17.2 Å². The minimum absolute atomic E-state index is 0.0700. The molecule has 1 saturated heterocycles. The van der Waals surface area contributed by atoms with Crippen molar-refractivity contribution in [1.29, 1.82) is 0 Å². The summed E-state index contributed by atoms with van der Waals surface area (Å²) < 4.78 is 42.5. The van der Waals surface area contributed by atoms with Gasteiger partial charge in [-0.25, -0.2) is 18.2 Å². The number of ether oxygens (including phenoxy) is 2. The van der Waals surface area contributed by atoms with E-state index in [9.17, 15) is 28.2 Å². The van der Waals surface area contributed by atoms with E-state index in [4.69, 9.17) is 9.47 Å². The Hall–Kier alpha value is -5.67. The molecule has 1 aromatic heterocycles. The number of carboxylic acid groups (broad SMARTS) is 1. The lowest BCUT2D eigenvalue weighted by molar-refractivity contribution is -0.245. The summed E-state index contributed by atoms with van der Waals surface area (Å²) >= 11 is 1.32.